The van der Waals surface area contributed by atoms with Gasteiger partial charge in [0.25, 0.3) is 0 Å². The van der Waals surface area contributed by atoms with Crippen LogP contribution < -0.4 is 10.6 Å². The Balaban J connectivity index is 0.00000180. The van der Waals surface area contributed by atoms with Gasteiger partial charge in [0.15, 0.2) is 0 Å². The molecule has 19 heavy (non-hydrogen) atoms. The highest BCUT2D eigenvalue weighted by atomic mass is 35.5. The zero-order valence-electron chi connectivity index (χ0n) is 12.3. The van der Waals surface area contributed by atoms with E-state index in [0.717, 1.165) is 19.5 Å². The van der Waals surface area contributed by atoms with Gasteiger partial charge in [-0.2, -0.15) is 0 Å². The van der Waals surface area contributed by atoms with Gasteiger partial charge >= 0.3 is 0 Å². The molecule has 112 valence electrons. The minimum Gasteiger partial charge on any atom is -0.353 e. The molecular weight excluding hydrogens is 260 g/mol. The second-order valence-electron chi connectivity index (χ2n) is 6.43. The number of amides is 1. The highest BCUT2D eigenvalue weighted by Crippen LogP contribution is 2.30. The summed E-state index contributed by atoms with van der Waals surface area (Å²) in [5, 5.41) is 6.64. The van der Waals surface area contributed by atoms with Gasteiger partial charge in [0.1, 0.15) is 0 Å². The Morgan fingerprint density at radius 3 is 2.63 bits per heavy atom. The maximum Gasteiger partial charge on any atom is 0.220 e. The molecule has 0 aromatic carbocycles. The molecule has 1 heterocycles. The van der Waals surface area contributed by atoms with Crippen molar-refractivity contribution >= 4 is 18.3 Å². The lowest BCUT2D eigenvalue weighted by Gasteiger charge is -2.35. The van der Waals surface area contributed by atoms with Crippen LogP contribution in [-0.4, -0.2) is 25.0 Å². The number of hydrogen-bond donors (Lipinski definition) is 2. The van der Waals surface area contributed by atoms with E-state index >= 15 is 0 Å². The van der Waals surface area contributed by atoms with Gasteiger partial charge in [-0.3, -0.25) is 4.79 Å². The minimum absolute atomic E-state index is 0. The van der Waals surface area contributed by atoms with Gasteiger partial charge in [-0.1, -0.05) is 26.7 Å². The van der Waals surface area contributed by atoms with Gasteiger partial charge in [0, 0.05) is 12.5 Å². The normalized spacial score (nSPS) is 31.0. The second kappa shape index (κ2) is 8.11. The first-order chi connectivity index (χ1) is 8.66. The molecule has 1 aliphatic heterocycles. The first-order valence-corrected chi connectivity index (χ1v) is 7.67. The van der Waals surface area contributed by atoms with E-state index in [1.807, 2.05) is 0 Å². The number of carbonyl (C=O) groups excluding carboxylic acids is 1. The van der Waals surface area contributed by atoms with Crippen LogP contribution in [-0.2, 0) is 4.79 Å². The van der Waals surface area contributed by atoms with Crippen molar-refractivity contribution in [2.75, 3.05) is 13.1 Å². The fraction of sp³-hybridized carbons (Fsp3) is 0.933. The fourth-order valence-electron chi connectivity index (χ4n) is 3.55. The summed E-state index contributed by atoms with van der Waals surface area (Å²) in [6, 6.07) is 0.431. The Labute approximate surface area is 123 Å². The van der Waals surface area contributed by atoms with Gasteiger partial charge in [-0.25, -0.2) is 0 Å². The molecule has 0 bridgehead atoms. The van der Waals surface area contributed by atoms with Gasteiger partial charge in [0.2, 0.25) is 5.91 Å². The van der Waals surface area contributed by atoms with E-state index in [4.69, 9.17) is 0 Å². The van der Waals surface area contributed by atoms with Crippen molar-refractivity contribution in [1.29, 1.82) is 0 Å². The van der Waals surface area contributed by atoms with Crippen LogP contribution >= 0.6 is 12.4 Å². The Kier molecular flexibility index (Phi) is 7.16. The molecular formula is C15H29ClN2O. The van der Waals surface area contributed by atoms with Crippen molar-refractivity contribution in [3.63, 3.8) is 0 Å². The molecule has 1 aliphatic carbocycles. The third kappa shape index (κ3) is 4.96. The van der Waals surface area contributed by atoms with Gasteiger partial charge in [-0.15, -0.1) is 12.4 Å². The van der Waals surface area contributed by atoms with Gasteiger partial charge < -0.3 is 10.6 Å². The summed E-state index contributed by atoms with van der Waals surface area (Å²) in [4.78, 5) is 12.1. The van der Waals surface area contributed by atoms with Crippen LogP contribution in [0.25, 0.3) is 0 Å². The van der Waals surface area contributed by atoms with Crippen LogP contribution in [0.1, 0.15) is 52.4 Å². The Hall–Kier alpha value is -0.280. The van der Waals surface area contributed by atoms with E-state index in [0.29, 0.717) is 30.2 Å². The largest absolute Gasteiger partial charge is 0.353 e. The molecule has 4 heteroatoms. The number of carbonyl (C=O) groups is 1. The lowest BCUT2D eigenvalue weighted by atomic mass is 9.78. The number of hydrogen-bond acceptors (Lipinski definition) is 2. The quantitative estimate of drug-likeness (QED) is 0.835. The fourth-order valence-corrected chi connectivity index (χ4v) is 3.55. The van der Waals surface area contributed by atoms with E-state index in [1.54, 1.807) is 0 Å². The van der Waals surface area contributed by atoms with E-state index < -0.39 is 0 Å². The summed E-state index contributed by atoms with van der Waals surface area (Å²) >= 11 is 0. The van der Waals surface area contributed by atoms with Gasteiger partial charge in [0.05, 0.1) is 0 Å². The van der Waals surface area contributed by atoms with E-state index in [2.05, 4.69) is 24.5 Å². The van der Waals surface area contributed by atoms with Crippen molar-refractivity contribution in [1.82, 2.24) is 10.6 Å². The summed E-state index contributed by atoms with van der Waals surface area (Å²) in [5.74, 6) is 2.21. The van der Waals surface area contributed by atoms with Crippen molar-refractivity contribution in [2.45, 2.75) is 58.4 Å². The summed E-state index contributed by atoms with van der Waals surface area (Å²) in [6.45, 7) is 6.67. The third-order valence-electron chi connectivity index (χ3n) is 4.66. The molecule has 2 fully saturated rings. The predicted octanol–water partition coefficient (Wildman–Crippen LogP) is 2.74. The molecule has 0 spiro atoms. The molecule has 2 aliphatic rings. The zero-order chi connectivity index (χ0) is 13.0. The molecule has 3 nitrogen and oxygen atoms in total. The predicted molar refractivity (Wildman–Crippen MR) is 81.6 cm³/mol. The Morgan fingerprint density at radius 1 is 1.26 bits per heavy atom. The molecule has 2 N–H and O–H groups in total. The summed E-state index contributed by atoms with van der Waals surface area (Å²) < 4.78 is 0. The first kappa shape index (κ1) is 16.8. The number of rotatable bonds is 4. The summed E-state index contributed by atoms with van der Waals surface area (Å²) in [6.07, 6.45) is 6.95. The molecule has 3 atom stereocenters. The highest BCUT2D eigenvalue weighted by Gasteiger charge is 2.29. The van der Waals surface area contributed by atoms with Crippen molar-refractivity contribution in [3.05, 3.63) is 0 Å². The number of nitrogens with one attached hydrogen (secondary N) is 2. The monoisotopic (exact) mass is 288 g/mol. The molecule has 3 unspecified atom stereocenters. The Morgan fingerprint density at radius 2 is 2.00 bits per heavy atom. The van der Waals surface area contributed by atoms with Gasteiger partial charge in [-0.05, 0) is 50.1 Å². The zero-order valence-corrected chi connectivity index (χ0v) is 13.1. The lowest BCUT2D eigenvalue weighted by molar-refractivity contribution is -0.123. The summed E-state index contributed by atoms with van der Waals surface area (Å²) in [7, 11) is 0. The molecule has 1 saturated carbocycles. The summed E-state index contributed by atoms with van der Waals surface area (Å²) in [5.41, 5.74) is 0. The maximum atomic E-state index is 12.1. The van der Waals surface area contributed by atoms with Crippen LogP contribution in [0.5, 0.6) is 0 Å². The van der Waals surface area contributed by atoms with Crippen molar-refractivity contribution < 1.29 is 4.79 Å². The third-order valence-corrected chi connectivity index (χ3v) is 4.66. The van der Waals surface area contributed by atoms with Crippen LogP contribution in [0, 0.1) is 17.8 Å². The van der Waals surface area contributed by atoms with Crippen molar-refractivity contribution in [3.8, 4) is 0 Å². The molecule has 0 aromatic rings. The van der Waals surface area contributed by atoms with Crippen LogP contribution in [0.15, 0.2) is 0 Å². The molecule has 1 amide bonds. The average Bonchev–Trinajstić information content (AvgIpc) is 2.82. The average molecular weight is 289 g/mol. The first-order valence-electron chi connectivity index (χ1n) is 7.67. The maximum absolute atomic E-state index is 12.1. The standard InChI is InChI=1S/C15H28N2O.ClH/c1-11(2)13-5-3-4-6-14(13)17-15(18)9-12-7-8-16-10-12;/h11-14,16H,3-10H2,1-2H3,(H,17,18);1H. The smallest absolute Gasteiger partial charge is 0.220 e. The Bertz CT molecular complexity index is 277. The topological polar surface area (TPSA) is 41.1 Å². The molecule has 0 radical (unpaired) electrons. The SMILES string of the molecule is CC(C)C1CCCCC1NC(=O)CC1CCNC1.Cl. The minimum atomic E-state index is 0. The molecule has 2 rings (SSSR count). The van der Waals surface area contributed by atoms with Crippen LogP contribution in [0.2, 0.25) is 0 Å². The second-order valence-corrected chi connectivity index (χ2v) is 6.43. The van der Waals surface area contributed by atoms with Crippen molar-refractivity contribution in [2.24, 2.45) is 17.8 Å². The van der Waals surface area contributed by atoms with Crippen LogP contribution in [0.3, 0.4) is 0 Å². The number of halogens is 1. The van der Waals surface area contributed by atoms with Crippen LogP contribution in [0.4, 0.5) is 0 Å². The lowest BCUT2D eigenvalue weighted by Crippen LogP contribution is -2.44. The molecule has 0 aromatic heterocycles. The van der Waals surface area contributed by atoms with E-state index in [-0.39, 0.29) is 18.3 Å². The highest BCUT2D eigenvalue weighted by molar-refractivity contribution is 5.85. The van der Waals surface area contributed by atoms with E-state index in [1.165, 1.54) is 25.7 Å². The van der Waals surface area contributed by atoms with E-state index in [9.17, 15) is 4.79 Å². The molecule has 1 saturated heterocycles.